The van der Waals surface area contributed by atoms with Gasteiger partial charge in [-0.15, -0.1) is 11.8 Å². The van der Waals surface area contributed by atoms with Crippen LogP contribution in [-0.4, -0.2) is 24.4 Å². The molecule has 0 N–H and O–H groups in total. The minimum absolute atomic E-state index is 0.527. The number of ether oxygens (including phenoxy) is 2. The van der Waals surface area contributed by atoms with Gasteiger partial charge in [-0.3, -0.25) is 0 Å². The molecule has 2 nitrogen and oxygen atoms in total. The Morgan fingerprint density at radius 2 is 2.21 bits per heavy atom. The molecule has 0 aromatic heterocycles. The highest BCUT2D eigenvalue weighted by Crippen LogP contribution is 2.19. The summed E-state index contributed by atoms with van der Waals surface area (Å²) >= 11 is 1.83. The minimum Gasteiger partial charge on any atom is -0.376 e. The van der Waals surface area contributed by atoms with E-state index in [1.807, 2.05) is 30.0 Å². The molecule has 76 valence electrons. The molecule has 1 heterocycles. The van der Waals surface area contributed by atoms with Gasteiger partial charge in [-0.25, -0.2) is 0 Å². The smallest absolute Gasteiger partial charge is 0.0925 e. The Morgan fingerprint density at radius 3 is 2.93 bits per heavy atom. The molecule has 1 unspecified atom stereocenters. The number of thioether (sulfide) groups is 1. The van der Waals surface area contributed by atoms with Crippen LogP contribution in [-0.2, 0) is 16.1 Å². The SMILES string of the molecule is c1ccc(COCC2COCS2)cc1. The number of benzene rings is 1. The van der Waals surface area contributed by atoms with Crippen molar-refractivity contribution < 1.29 is 9.47 Å². The summed E-state index contributed by atoms with van der Waals surface area (Å²) in [6.45, 7) is 2.33. The zero-order chi connectivity index (χ0) is 9.64. The average Bonchev–Trinajstić information content (AvgIpc) is 2.72. The van der Waals surface area contributed by atoms with Gasteiger partial charge in [0, 0.05) is 0 Å². The Hall–Kier alpha value is -0.510. The molecular formula is C11H14O2S. The van der Waals surface area contributed by atoms with Gasteiger partial charge in [0.05, 0.1) is 31.0 Å². The van der Waals surface area contributed by atoms with E-state index in [0.29, 0.717) is 11.9 Å². The molecular weight excluding hydrogens is 196 g/mol. The third kappa shape index (κ3) is 3.01. The summed E-state index contributed by atoms with van der Waals surface area (Å²) in [4.78, 5) is 0. The second-order valence-electron chi connectivity index (χ2n) is 3.28. The maximum atomic E-state index is 5.60. The summed E-state index contributed by atoms with van der Waals surface area (Å²) in [6.07, 6.45) is 0. The molecule has 1 atom stereocenters. The minimum atomic E-state index is 0.527. The van der Waals surface area contributed by atoms with Crippen LogP contribution in [0.3, 0.4) is 0 Å². The van der Waals surface area contributed by atoms with E-state index in [9.17, 15) is 0 Å². The molecule has 1 aliphatic rings. The van der Waals surface area contributed by atoms with Crippen molar-refractivity contribution in [1.82, 2.24) is 0 Å². The van der Waals surface area contributed by atoms with Gasteiger partial charge in [0.25, 0.3) is 0 Å². The molecule has 1 fully saturated rings. The molecule has 1 aromatic rings. The molecule has 1 saturated heterocycles. The van der Waals surface area contributed by atoms with E-state index in [-0.39, 0.29) is 0 Å². The number of hydrogen-bond acceptors (Lipinski definition) is 3. The van der Waals surface area contributed by atoms with Crippen LogP contribution in [0, 0.1) is 0 Å². The normalized spacial score (nSPS) is 21.3. The molecule has 2 rings (SSSR count). The first-order valence-corrected chi connectivity index (χ1v) is 5.81. The topological polar surface area (TPSA) is 18.5 Å². The van der Waals surface area contributed by atoms with Gasteiger partial charge in [-0.05, 0) is 5.56 Å². The molecule has 0 aliphatic carbocycles. The van der Waals surface area contributed by atoms with Crippen LogP contribution in [0.5, 0.6) is 0 Å². The third-order valence-electron chi connectivity index (χ3n) is 2.11. The lowest BCUT2D eigenvalue weighted by atomic mass is 10.2. The molecule has 1 aromatic carbocycles. The van der Waals surface area contributed by atoms with E-state index < -0.39 is 0 Å². The summed E-state index contributed by atoms with van der Waals surface area (Å²) in [7, 11) is 0. The van der Waals surface area contributed by atoms with Crippen molar-refractivity contribution in [2.24, 2.45) is 0 Å². The van der Waals surface area contributed by atoms with Gasteiger partial charge in [0.1, 0.15) is 0 Å². The third-order valence-corrected chi connectivity index (χ3v) is 3.15. The maximum absolute atomic E-state index is 5.60. The van der Waals surface area contributed by atoms with Gasteiger partial charge in [-0.1, -0.05) is 30.3 Å². The zero-order valence-corrected chi connectivity index (χ0v) is 8.83. The van der Waals surface area contributed by atoms with Crippen molar-refractivity contribution in [3.05, 3.63) is 35.9 Å². The summed E-state index contributed by atoms with van der Waals surface area (Å²) in [5.74, 6) is 0.819. The van der Waals surface area contributed by atoms with Crippen LogP contribution in [0.25, 0.3) is 0 Å². The van der Waals surface area contributed by atoms with E-state index in [1.54, 1.807) is 0 Å². The van der Waals surface area contributed by atoms with E-state index in [1.165, 1.54) is 5.56 Å². The van der Waals surface area contributed by atoms with Crippen molar-refractivity contribution in [3.63, 3.8) is 0 Å². The molecule has 0 saturated carbocycles. The van der Waals surface area contributed by atoms with Crippen molar-refractivity contribution >= 4 is 11.8 Å². The van der Waals surface area contributed by atoms with E-state index in [2.05, 4.69) is 12.1 Å². The van der Waals surface area contributed by atoms with E-state index in [0.717, 1.165) is 19.2 Å². The van der Waals surface area contributed by atoms with Gasteiger partial charge < -0.3 is 9.47 Å². The molecule has 14 heavy (non-hydrogen) atoms. The Balaban J connectivity index is 1.67. The molecule has 0 spiro atoms. The Morgan fingerprint density at radius 1 is 1.36 bits per heavy atom. The Bertz CT molecular complexity index is 257. The summed E-state index contributed by atoms with van der Waals surface area (Å²) in [5, 5.41) is 0.527. The second-order valence-corrected chi connectivity index (χ2v) is 4.51. The van der Waals surface area contributed by atoms with Gasteiger partial charge >= 0.3 is 0 Å². The fraction of sp³-hybridized carbons (Fsp3) is 0.455. The zero-order valence-electron chi connectivity index (χ0n) is 8.02. The highest BCUT2D eigenvalue weighted by molar-refractivity contribution is 8.00. The fourth-order valence-corrected chi connectivity index (χ4v) is 2.12. The predicted molar refractivity (Wildman–Crippen MR) is 58.3 cm³/mol. The van der Waals surface area contributed by atoms with Crippen LogP contribution in [0.4, 0.5) is 0 Å². The highest BCUT2D eigenvalue weighted by atomic mass is 32.2. The van der Waals surface area contributed by atoms with Crippen molar-refractivity contribution in [1.29, 1.82) is 0 Å². The monoisotopic (exact) mass is 210 g/mol. The van der Waals surface area contributed by atoms with Gasteiger partial charge in [0.15, 0.2) is 0 Å². The first kappa shape index (κ1) is 10.0. The van der Waals surface area contributed by atoms with Crippen molar-refractivity contribution in [2.45, 2.75) is 11.9 Å². The first-order chi connectivity index (χ1) is 6.95. The maximum Gasteiger partial charge on any atom is 0.0925 e. The van der Waals surface area contributed by atoms with Crippen LogP contribution >= 0.6 is 11.8 Å². The van der Waals surface area contributed by atoms with E-state index >= 15 is 0 Å². The number of hydrogen-bond donors (Lipinski definition) is 0. The summed E-state index contributed by atoms with van der Waals surface area (Å²) in [6, 6.07) is 10.2. The Labute approximate surface area is 88.6 Å². The predicted octanol–water partition coefficient (Wildman–Crippen LogP) is 2.29. The molecule has 0 amide bonds. The average molecular weight is 210 g/mol. The first-order valence-electron chi connectivity index (χ1n) is 4.76. The quantitative estimate of drug-likeness (QED) is 0.759. The molecule has 3 heteroatoms. The highest BCUT2D eigenvalue weighted by Gasteiger charge is 2.15. The lowest BCUT2D eigenvalue weighted by Gasteiger charge is -2.07. The van der Waals surface area contributed by atoms with Crippen LogP contribution in [0.15, 0.2) is 30.3 Å². The lowest BCUT2D eigenvalue weighted by Crippen LogP contribution is -2.12. The van der Waals surface area contributed by atoms with Crippen molar-refractivity contribution in [3.8, 4) is 0 Å². The van der Waals surface area contributed by atoms with Gasteiger partial charge in [0.2, 0.25) is 0 Å². The van der Waals surface area contributed by atoms with Crippen molar-refractivity contribution in [2.75, 3.05) is 19.2 Å². The fourth-order valence-electron chi connectivity index (χ4n) is 1.35. The Kier molecular flexibility index (Phi) is 3.86. The standard InChI is InChI=1S/C11H14O2S/c1-2-4-10(5-3-1)6-12-7-11-8-13-9-14-11/h1-5,11H,6-9H2. The second kappa shape index (κ2) is 5.39. The van der Waals surface area contributed by atoms with Crippen LogP contribution in [0.1, 0.15) is 5.56 Å². The lowest BCUT2D eigenvalue weighted by molar-refractivity contribution is 0.104. The number of rotatable bonds is 4. The summed E-state index contributed by atoms with van der Waals surface area (Å²) < 4.78 is 10.8. The molecule has 1 aliphatic heterocycles. The molecule has 0 radical (unpaired) electrons. The molecule has 0 bridgehead atoms. The largest absolute Gasteiger partial charge is 0.376 e. The summed E-state index contributed by atoms with van der Waals surface area (Å²) in [5.41, 5.74) is 1.23. The van der Waals surface area contributed by atoms with E-state index in [4.69, 9.17) is 9.47 Å². The van der Waals surface area contributed by atoms with Crippen LogP contribution in [0.2, 0.25) is 0 Å². The van der Waals surface area contributed by atoms with Crippen LogP contribution < -0.4 is 0 Å². The van der Waals surface area contributed by atoms with Gasteiger partial charge in [-0.2, -0.15) is 0 Å².